The van der Waals surface area contributed by atoms with Crippen LogP contribution in [0.15, 0.2) is 41.3 Å². The van der Waals surface area contributed by atoms with Crippen molar-refractivity contribution in [1.29, 1.82) is 0 Å². The maximum atomic E-state index is 4.80. The monoisotopic (exact) mass is 386 g/mol. The van der Waals surface area contributed by atoms with Crippen molar-refractivity contribution in [2.24, 2.45) is 0 Å². The molecule has 7 heteroatoms. The van der Waals surface area contributed by atoms with Gasteiger partial charge in [0.2, 0.25) is 0 Å². The lowest BCUT2D eigenvalue weighted by Gasteiger charge is -2.28. The molecule has 24 heavy (non-hydrogen) atoms. The van der Waals surface area contributed by atoms with Gasteiger partial charge in [0, 0.05) is 38.1 Å². The van der Waals surface area contributed by atoms with Gasteiger partial charge in [0.05, 0.1) is 10.7 Å². The van der Waals surface area contributed by atoms with Gasteiger partial charge in [0.1, 0.15) is 11.6 Å². The average molecular weight is 387 g/mol. The zero-order chi connectivity index (χ0) is 16.4. The Morgan fingerprint density at radius 2 is 2.04 bits per heavy atom. The number of hydrogen-bond donors (Lipinski definition) is 1. The van der Waals surface area contributed by atoms with Crippen LogP contribution in [0.25, 0.3) is 5.65 Å². The minimum atomic E-state index is 0.698. The van der Waals surface area contributed by atoms with Crippen LogP contribution < -0.4 is 10.2 Å². The third kappa shape index (κ3) is 3.08. The number of nitrogens with one attached hydrogen (secondary N) is 1. The molecule has 4 rings (SSSR count). The van der Waals surface area contributed by atoms with Crippen LogP contribution in [0.5, 0.6) is 0 Å². The molecule has 0 unspecified atom stereocenters. The number of piperidine rings is 1. The predicted octanol–water partition coefficient (Wildman–Crippen LogP) is 3.49. The Kier molecular flexibility index (Phi) is 4.34. The number of fused-ring (bicyclic) bond motifs is 1. The largest absolute Gasteiger partial charge is 0.366 e. The first-order valence-electron chi connectivity index (χ1n) is 8.23. The topological polar surface area (TPSA) is 58.4 Å². The Bertz CT molecular complexity index is 826. The molecule has 0 radical (unpaired) electrons. The van der Waals surface area contributed by atoms with Gasteiger partial charge in [-0.25, -0.2) is 4.98 Å². The number of pyridine rings is 1. The minimum absolute atomic E-state index is 0.698. The molecule has 1 fully saturated rings. The highest BCUT2D eigenvalue weighted by atomic mass is 79.9. The van der Waals surface area contributed by atoms with Gasteiger partial charge in [-0.3, -0.25) is 4.98 Å². The van der Waals surface area contributed by atoms with Gasteiger partial charge < -0.3 is 10.2 Å². The molecule has 0 aliphatic carbocycles. The molecule has 4 heterocycles. The number of halogens is 1. The Hall–Kier alpha value is -2.15. The van der Waals surface area contributed by atoms with E-state index < -0.39 is 0 Å². The summed E-state index contributed by atoms with van der Waals surface area (Å²) in [7, 11) is 0. The van der Waals surface area contributed by atoms with E-state index in [0.717, 1.165) is 40.4 Å². The van der Waals surface area contributed by atoms with Gasteiger partial charge in [-0.1, -0.05) is 6.07 Å². The lowest BCUT2D eigenvalue weighted by molar-refractivity contribution is 0.573. The summed E-state index contributed by atoms with van der Waals surface area (Å²) in [6, 6.07) is 6.10. The quantitative estimate of drug-likeness (QED) is 0.743. The maximum Gasteiger partial charge on any atom is 0.173 e. The van der Waals surface area contributed by atoms with Crippen LogP contribution in [0.4, 0.5) is 11.6 Å². The fraction of sp³-hybridized carbons (Fsp3) is 0.353. The van der Waals surface area contributed by atoms with Crippen molar-refractivity contribution in [2.45, 2.75) is 25.8 Å². The first kappa shape index (κ1) is 15.4. The van der Waals surface area contributed by atoms with Crippen LogP contribution in [0.2, 0.25) is 0 Å². The minimum Gasteiger partial charge on any atom is -0.366 e. The first-order valence-corrected chi connectivity index (χ1v) is 9.02. The molecule has 1 N–H and O–H groups in total. The number of aromatic nitrogens is 4. The number of anilines is 2. The molecule has 0 bridgehead atoms. The van der Waals surface area contributed by atoms with E-state index in [-0.39, 0.29) is 0 Å². The van der Waals surface area contributed by atoms with Gasteiger partial charge in [-0.15, -0.1) is 0 Å². The van der Waals surface area contributed by atoms with Crippen molar-refractivity contribution < 1.29 is 0 Å². The number of rotatable bonds is 4. The van der Waals surface area contributed by atoms with E-state index in [9.17, 15) is 0 Å². The van der Waals surface area contributed by atoms with Crippen molar-refractivity contribution in [3.8, 4) is 0 Å². The third-order valence-corrected chi connectivity index (χ3v) is 4.85. The fourth-order valence-electron chi connectivity index (χ4n) is 3.03. The van der Waals surface area contributed by atoms with Gasteiger partial charge in [-0.2, -0.15) is 9.61 Å². The zero-order valence-corrected chi connectivity index (χ0v) is 14.9. The average Bonchev–Trinajstić information content (AvgIpc) is 3.02. The van der Waals surface area contributed by atoms with Crippen molar-refractivity contribution in [2.75, 3.05) is 23.3 Å². The maximum absolute atomic E-state index is 4.80. The molecular formula is C17H19BrN6. The third-order valence-electron chi connectivity index (χ3n) is 4.29. The summed E-state index contributed by atoms with van der Waals surface area (Å²) < 4.78 is 2.75. The lowest BCUT2D eigenvalue weighted by Crippen LogP contribution is -2.30. The SMILES string of the molecule is Brc1cnn2c(NCc3cccnc3)cc(N3CCCCC3)nc12. The van der Waals surface area contributed by atoms with Gasteiger partial charge in [0.25, 0.3) is 0 Å². The van der Waals surface area contributed by atoms with Crippen molar-refractivity contribution in [3.05, 3.63) is 46.8 Å². The summed E-state index contributed by atoms with van der Waals surface area (Å²) in [5.41, 5.74) is 1.97. The smallest absolute Gasteiger partial charge is 0.173 e. The standard InChI is InChI=1S/C17H19BrN6/c18-14-12-21-24-15(20-11-13-5-4-6-19-10-13)9-16(22-17(14)24)23-7-2-1-3-8-23/h4-6,9-10,12,20H,1-3,7-8,11H2. The van der Waals surface area contributed by atoms with Crippen LogP contribution in [0, 0.1) is 0 Å². The Labute approximate surface area is 149 Å². The molecule has 0 spiro atoms. The Morgan fingerprint density at radius 1 is 1.17 bits per heavy atom. The predicted molar refractivity (Wildman–Crippen MR) is 98.3 cm³/mol. The summed E-state index contributed by atoms with van der Waals surface area (Å²) in [6.07, 6.45) is 9.21. The molecule has 0 saturated carbocycles. The summed E-state index contributed by atoms with van der Waals surface area (Å²) in [5, 5.41) is 7.90. The molecule has 124 valence electrons. The van der Waals surface area contributed by atoms with E-state index in [4.69, 9.17) is 4.98 Å². The molecular weight excluding hydrogens is 368 g/mol. The summed E-state index contributed by atoms with van der Waals surface area (Å²) >= 11 is 3.55. The van der Waals surface area contributed by atoms with Crippen molar-refractivity contribution >= 4 is 33.2 Å². The lowest BCUT2D eigenvalue weighted by atomic mass is 10.1. The summed E-state index contributed by atoms with van der Waals surface area (Å²) in [5.74, 6) is 1.95. The van der Waals surface area contributed by atoms with Crippen LogP contribution >= 0.6 is 15.9 Å². The Morgan fingerprint density at radius 3 is 2.83 bits per heavy atom. The highest BCUT2D eigenvalue weighted by Gasteiger charge is 2.16. The summed E-state index contributed by atoms with van der Waals surface area (Å²) in [6.45, 7) is 2.83. The molecule has 1 aliphatic rings. The molecule has 3 aromatic rings. The van der Waals surface area contributed by atoms with E-state index in [2.05, 4.69) is 48.4 Å². The van der Waals surface area contributed by atoms with E-state index >= 15 is 0 Å². The van der Waals surface area contributed by atoms with E-state index in [1.54, 1.807) is 12.4 Å². The highest BCUT2D eigenvalue weighted by Crippen LogP contribution is 2.26. The van der Waals surface area contributed by atoms with Gasteiger partial charge in [-0.05, 0) is 46.8 Å². The number of nitrogens with zero attached hydrogens (tertiary/aromatic N) is 5. The van der Waals surface area contributed by atoms with E-state index in [1.165, 1.54) is 19.3 Å². The molecule has 3 aromatic heterocycles. The second-order valence-corrected chi connectivity index (χ2v) is 6.84. The van der Waals surface area contributed by atoms with Crippen LogP contribution in [-0.4, -0.2) is 32.7 Å². The van der Waals surface area contributed by atoms with Crippen LogP contribution in [0.1, 0.15) is 24.8 Å². The molecule has 1 aliphatic heterocycles. The van der Waals surface area contributed by atoms with E-state index in [0.29, 0.717) is 6.54 Å². The van der Waals surface area contributed by atoms with E-state index in [1.807, 2.05) is 16.8 Å². The molecule has 0 amide bonds. The Balaban J connectivity index is 1.67. The van der Waals surface area contributed by atoms with Crippen molar-refractivity contribution in [1.82, 2.24) is 19.6 Å². The van der Waals surface area contributed by atoms with Gasteiger partial charge >= 0.3 is 0 Å². The second-order valence-electron chi connectivity index (χ2n) is 5.99. The number of hydrogen-bond acceptors (Lipinski definition) is 5. The van der Waals surface area contributed by atoms with Crippen LogP contribution in [-0.2, 0) is 6.54 Å². The van der Waals surface area contributed by atoms with Crippen LogP contribution in [0.3, 0.4) is 0 Å². The molecule has 0 aromatic carbocycles. The zero-order valence-electron chi connectivity index (χ0n) is 13.3. The van der Waals surface area contributed by atoms with Crippen molar-refractivity contribution in [3.63, 3.8) is 0 Å². The molecule has 6 nitrogen and oxygen atoms in total. The fourth-order valence-corrected chi connectivity index (χ4v) is 3.38. The normalized spacial score (nSPS) is 15.0. The first-order chi connectivity index (χ1) is 11.8. The second kappa shape index (κ2) is 6.76. The molecule has 0 atom stereocenters. The van der Waals surface area contributed by atoms with Gasteiger partial charge in [0.15, 0.2) is 5.65 Å². The summed E-state index contributed by atoms with van der Waals surface area (Å²) in [4.78, 5) is 11.3. The molecule has 1 saturated heterocycles. The highest BCUT2D eigenvalue weighted by molar-refractivity contribution is 9.10.